The Labute approximate surface area is 54.2 Å². The Hall–Kier alpha value is -0.240. The van der Waals surface area contributed by atoms with Crippen molar-refractivity contribution in [3.05, 3.63) is 0 Å². The van der Waals surface area contributed by atoms with Gasteiger partial charge in [-0.25, -0.2) is 0 Å². The van der Waals surface area contributed by atoms with Gasteiger partial charge in [0.2, 0.25) is 5.91 Å². The first-order valence-electron chi connectivity index (χ1n) is 2.60. The first kappa shape index (κ1) is 7.76. The molecule has 0 fully saturated rings. The molecule has 1 atom stereocenters. The summed E-state index contributed by atoms with van der Waals surface area (Å²) in [6, 6.07) is 0. The van der Waals surface area contributed by atoms with Gasteiger partial charge in [0.25, 0.3) is 0 Å². The van der Waals surface area contributed by atoms with Crippen LogP contribution in [0.4, 0.5) is 0 Å². The summed E-state index contributed by atoms with van der Waals surface area (Å²) in [5.74, 6) is -0.103. The molecule has 0 bridgehead atoms. The summed E-state index contributed by atoms with van der Waals surface area (Å²) in [4.78, 5) is 10.5. The van der Waals surface area contributed by atoms with E-state index in [0.717, 1.165) is 0 Å². The molecular formula is C5H10ClNO. The second-order valence-corrected chi connectivity index (χ2v) is 2.17. The molecule has 0 saturated heterocycles. The molecule has 3 heteroatoms. The van der Waals surface area contributed by atoms with Gasteiger partial charge in [-0.15, -0.1) is 11.6 Å². The minimum Gasteiger partial charge on any atom is -0.355 e. The van der Waals surface area contributed by atoms with Gasteiger partial charge in [0.15, 0.2) is 0 Å². The molecule has 48 valence electrons. The van der Waals surface area contributed by atoms with Crippen LogP contribution in [0, 0.1) is 0 Å². The molecule has 2 nitrogen and oxygen atoms in total. The van der Waals surface area contributed by atoms with Gasteiger partial charge in [-0.1, -0.05) is 0 Å². The number of halogens is 1. The van der Waals surface area contributed by atoms with Crippen molar-refractivity contribution in [2.45, 2.75) is 19.2 Å². The second kappa shape index (κ2) is 3.72. The van der Waals surface area contributed by atoms with Crippen LogP contribution in [0.1, 0.15) is 13.8 Å². The van der Waals surface area contributed by atoms with Crippen LogP contribution in [-0.2, 0) is 4.79 Å². The predicted molar refractivity (Wildman–Crippen MR) is 34.0 cm³/mol. The number of amides is 1. The van der Waals surface area contributed by atoms with Crippen LogP contribution in [0.5, 0.6) is 0 Å². The topological polar surface area (TPSA) is 29.1 Å². The average Bonchev–Trinajstić information content (AvgIpc) is 1.67. The highest BCUT2D eigenvalue weighted by Crippen LogP contribution is 1.90. The van der Waals surface area contributed by atoms with Crippen molar-refractivity contribution in [1.29, 1.82) is 0 Å². The zero-order chi connectivity index (χ0) is 6.57. The Morgan fingerprint density at radius 1 is 1.88 bits per heavy atom. The lowest BCUT2D eigenvalue weighted by atomic mass is 10.4. The third kappa shape index (κ3) is 2.86. The number of carbonyl (C=O) groups is 1. The smallest absolute Gasteiger partial charge is 0.237 e. The van der Waals surface area contributed by atoms with Crippen LogP contribution >= 0.6 is 11.6 Å². The Morgan fingerprint density at radius 3 is 2.50 bits per heavy atom. The summed E-state index contributed by atoms with van der Waals surface area (Å²) < 4.78 is 0. The number of carbonyl (C=O) groups excluding carboxylic acids is 1. The lowest BCUT2D eigenvalue weighted by Crippen LogP contribution is -2.28. The molecule has 0 rings (SSSR count). The Bertz CT molecular complexity index is 82.5. The fourth-order valence-electron chi connectivity index (χ4n) is 0.315. The van der Waals surface area contributed by atoms with Crippen LogP contribution in [0.3, 0.4) is 0 Å². The maximum atomic E-state index is 10.5. The molecule has 1 amide bonds. The normalized spacial score (nSPS) is 12.9. The second-order valence-electron chi connectivity index (χ2n) is 1.51. The minimum atomic E-state index is -0.407. The number of hydrogen-bond acceptors (Lipinski definition) is 1. The molecule has 0 aliphatic heterocycles. The van der Waals surface area contributed by atoms with Crippen LogP contribution in [-0.4, -0.2) is 17.8 Å². The van der Waals surface area contributed by atoms with E-state index in [4.69, 9.17) is 11.6 Å². The van der Waals surface area contributed by atoms with Gasteiger partial charge >= 0.3 is 0 Å². The van der Waals surface area contributed by atoms with Crippen LogP contribution < -0.4 is 5.32 Å². The maximum Gasteiger partial charge on any atom is 0.237 e. The summed E-state index contributed by atoms with van der Waals surface area (Å²) in [5.41, 5.74) is 0. The molecule has 0 radical (unpaired) electrons. The lowest BCUT2D eigenvalue weighted by Gasteiger charge is -2.00. The highest BCUT2D eigenvalue weighted by Gasteiger charge is 2.04. The van der Waals surface area contributed by atoms with Gasteiger partial charge in [-0.2, -0.15) is 0 Å². The van der Waals surface area contributed by atoms with Gasteiger partial charge in [-0.3, -0.25) is 4.79 Å². The van der Waals surface area contributed by atoms with E-state index in [2.05, 4.69) is 5.32 Å². The van der Waals surface area contributed by atoms with Crippen molar-refractivity contribution in [3.63, 3.8) is 0 Å². The molecule has 0 unspecified atom stereocenters. The monoisotopic (exact) mass is 135 g/mol. The zero-order valence-corrected chi connectivity index (χ0v) is 5.83. The zero-order valence-electron chi connectivity index (χ0n) is 5.07. The summed E-state index contributed by atoms with van der Waals surface area (Å²) in [6.07, 6.45) is 0. The van der Waals surface area contributed by atoms with Gasteiger partial charge < -0.3 is 5.32 Å². The highest BCUT2D eigenvalue weighted by molar-refractivity contribution is 6.30. The third-order valence-corrected chi connectivity index (χ3v) is 0.910. The largest absolute Gasteiger partial charge is 0.355 e. The summed E-state index contributed by atoms with van der Waals surface area (Å²) in [6.45, 7) is 4.15. The SMILES string of the molecule is CCNC(=O)[C@H](C)Cl. The number of nitrogens with one attached hydrogen (secondary N) is 1. The Morgan fingerprint density at radius 2 is 2.38 bits per heavy atom. The van der Waals surface area contributed by atoms with E-state index < -0.39 is 5.38 Å². The maximum absolute atomic E-state index is 10.5. The fourth-order valence-corrected chi connectivity index (χ4v) is 0.392. The quantitative estimate of drug-likeness (QED) is 0.557. The van der Waals surface area contributed by atoms with Crippen molar-refractivity contribution in [2.24, 2.45) is 0 Å². The molecule has 0 aliphatic rings. The molecule has 0 saturated carbocycles. The molecule has 8 heavy (non-hydrogen) atoms. The molecule has 1 N–H and O–H groups in total. The first-order valence-corrected chi connectivity index (χ1v) is 3.04. The number of hydrogen-bond donors (Lipinski definition) is 1. The Balaban J connectivity index is 3.33. The standard InChI is InChI=1S/C5H10ClNO/c1-3-7-5(8)4(2)6/h4H,3H2,1-2H3,(H,7,8)/t4-/m0/s1. The van der Waals surface area contributed by atoms with E-state index in [1.165, 1.54) is 0 Å². The predicted octanol–water partition coefficient (Wildman–Crippen LogP) is 0.750. The molecule has 0 aromatic rings. The van der Waals surface area contributed by atoms with Crippen LogP contribution in [0.25, 0.3) is 0 Å². The van der Waals surface area contributed by atoms with Crippen molar-refractivity contribution in [3.8, 4) is 0 Å². The Kier molecular flexibility index (Phi) is 3.61. The van der Waals surface area contributed by atoms with Gasteiger partial charge in [0, 0.05) is 6.54 Å². The van der Waals surface area contributed by atoms with E-state index in [1.54, 1.807) is 6.92 Å². The average molecular weight is 136 g/mol. The molecule has 0 heterocycles. The van der Waals surface area contributed by atoms with Crippen molar-refractivity contribution in [1.82, 2.24) is 5.32 Å². The van der Waals surface area contributed by atoms with Crippen molar-refractivity contribution >= 4 is 17.5 Å². The summed E-state index contributed by atoms with van der Waals surface area (Å²) in [7, 11) is 0. The lowest BCUT2D eigenvalue weighted by molar-refractivity contribution is -0.120. The van der Waals surface area contributed by atoms with Gasteiger partial charge in [0.1, 0.15) is 5.38 Å². The van der Waals surface area contributed by atoms with Crippen molar-refractivity contribution in [2.75, 3.05) is 6.54 Å². The van der Waals surface area contributed by atoms with Gasteiger partial charge in [0.05, 0.1) is 0 Å². The molecule has 0 spiro atoms. The molecule has 0 aromatic heterocycles. The summed E-state index contributed by atoms with van der Waals surface area (Å²) in [5, 5.41) is 2.17. The van der Waals surface area contributed by atoms with E-state index >= 15 is 0 Å². The fraction of sp³-hybridized carbons (Fsp3) is 0.800. The molecular weight excluding hydrogens is 126 g/mol. The first-order chi connectivity index (χ1) is 3.68. The molecule has 0 aliphatic carbocycles. The third-order valence-electron chi connectivity index (χ3n) is 0.712. The highest BCUT2D eigenvalue weighted by atomic mass is 35.5. The van der Waals surface area contributed by atoms with Crippen LogP contribution in [0.15, 0.2) is 0 Å². The van der Waals surface area contributed by atoms with E-state index in [-0.39, 0.29) is 5.91 Å². The van der Waals surface area contributed by atoms with E-state index in [0.29, 0.717) is 6.54 Å². The summed E-state index contributed by atoms with van der Waals surface area (Å²) >= 11 is 5.39. The van der Waals surface area contributed by atoms with E-state index in [1.807, 2.05) is 6.92 Å². The van der Waals surface area contributed by atoms with Gasteiger partial charge in [-0.05, 0) is 13.8 Å². The molecule has 0 aromatic carbocycles. The minimum absolute atomic E-state index is 0.103. The number of alkyl halides is 1. The van der Waals surface area contributed by atoms with E-state index in [9.17, 15) is 4.79 Å². The van der Waals surface area contributed by atoms with Crippen LogP contribution in [0.2, 0.25) is 0 Å². The van der Waals surface area contributed by atoms with Crippen molar-refractivity contribution < 1.29 is 4.79 Å². The number of rotatable bonds is 2.